The average molecular weight is 469 g/mol. The number of hydrogen-bond donors (Lipinski definition) is 2. The topological polar surface area (TPSA) is 95.9 Å². The number of nitrogens with zero attached hydrogens (tertiary/aromatic N) is 1. The van der Waals surface area contributed by atoms with Crippen molar-refractivity contribution in [3.63, 3.8) is 0 Å². The summed E-state index contributed by atoms with van der Waals surface area (Å²) >= 11 is 1.58. The predicted octanol–water partition coefficient (Wildman–Crippen LogP) is 3.58. The van der Waals surface area contributed by atoms with Crippen LogP contribution >= 0.6 is 11.8 Å². The minimum absolute atomic E-state index is 0.0570. The van der Waals surface area contributed by atoms with E-state index in [0.717, 1.165) is 22.3 Å². The molecule has 1 heterocycles. The van der Waals surface area contributed by atoms with Gasteiger partial charge in [-0.3, -0.25) is 9.59 Å². The lowest BCUT2D eigenvalue weighted by Gasteiger charge is -2.24. The molecular formula is C25H28N2O5S. The number of hydrogen-bond acceptors (Lipinski definition) is 5. The van der Waals surface area contributed by atoms with Crippen LogP contribution in [0.25, 0.3) is 11.1 Å². The zero-order chi connectivity index (χ0) is 23.4. The summed E-state index contributed by atoms with van der Waals surface area (Å²) in [5.41, 5.74) is 4.55. The van der Waals surface area contributed by atoms with Gasteiger partial charge in [-0.05, 0) is 47.1 Å². The number of thioether (sulfide) groups is 1. The third-order valence-electron chi connectivity index (χ3n) is 6.39. The van der Waals surface area contributed by atoms with E-state index in [1.54, 1.807) is 11.8 Å². The second-order valence-corrected chi connectivity index (χ2v) is 9.40. The van der Waals surface area contributed by atoms with Gasteiger partial charge >= 0.3 is 12.1 Å². The highest BCUT2D eigenvalue weighted by Crippen LogP contribution is 2.44. The van der Waals surface area contributed by atoms with Crippen LogP contribution in [0.4, 0.5) is 4.79 Å². The highest BCUT2D eigenvalue weighted by atomic mass is 32.2. The first kappa shape index (κ1) is 23.2. The van der Waals surface area contributed by atoms with Gasteiger partial charge in [-0.1, -0.05) is 48.5 Å². The summed E-state index contributed by atoms with van der Waals surface area (Å²) in [7, 11) is 0. The van der Waals surface area contributed by atoms with Gasteiger partial charge in [-0.2, -0.15) is 11.8 Å². The monoisotopic (exact) mass is 468 g/mol. The van der Waals surface area contributed by atoms with Crippen LogP contribution in [0.15, 0.2) is 48.5 Å². The molecule has 2 unspecified atom stereocenters. The number of likely N-dealkylation sites (tertiary alicyclic amines) is 1. The molecule has 174 valence electrons. The first-order chi connectivity index (χ1) is 16.0. The fourth-order valence-electron chi connectivity index (χ4n) is 4.66. The summed E-state index contributed by atoms with van der Waals surface area (Å²) in [6, 6.07) is 15.5. The molecule has 8 heteroatoms. The van der Waals surface area contributed by atoms with Gasteiger partial charge in [0.1, 0.15) is 12.6 Å². The largest absolute Gasteiger partial charge is 0.481 e. The lowest BCUT2D eigenvalue weighted by Crippen LogP contribution is -2.48. The van der Waals surface area contributed by atoms with E-state index >= 15 is 0 Å². The van der Waals surface area contributed by atoms with Crippen LogP contribution in [0.3, 0.4) is 0 Å². The van der Waals surface area contributed by atoms with E-state index in [9.17, 15) is 19.5 Å². The zero-order valence-electron chi connectivity index (χ0n) is 18.5. The third kappa shape index (κ3) is 5.00. The summed E-state index contributed by atoms with van der Waals surface area (Å²) in [5.74, 6) is -1.06. The lowest BCUT2D eigenvalue weighted by molar-refractivity contribution is -0.141. The number of aliphatic carboxylic acids is 1. The number of carbonyl (C=O) groups is 3. The molecule has 2 atom stereocenters. The molecule has 2 aromatic rings. The third-order valence-corrected chi connectivity index (χ3v) is 7.04. The highest BCUT2D eigenvalue weighted by molar-refractivity contribution is 7.98. The quantitative estimate of drug-likeness (QED) is 0.615. The minimum Gasteiger partial charge on any atom is -0.481 e. The second-order valence-electron chi connectivity index (χ2n) is 8.41. The van der Waals surface area contributed by atoms with E-state index in [0.29, 0.717) is 25.1 Å². The normalized spacial score (nSPS) is 17.8. The highest BCUT2D eigenvalue weighted by Gasteiger charge is 2.35. The van der Waals surface area contributed by atoms with Gasteiger partial charge in [0.15, 0.2) is 0 Å². The number of rotatable bonds is 8. The molecule has 7 nitrogen and oxygen atoms in total. The number of fused-ring (bicyclic) bond motifs is 3. The van der Waals surface area contributed by atoms with Crippen molar-refractivity contribution >= 4 is 29.7 Å². The van der Waals surface area contributed by atoms with Gasteiger partial charge in [0.2, 0.25) is 5.91 Å². The Morgan fingerprint density at radius 3 is 2.33 bits per heavy atom. The van der Waals surface area contributed by atoms with Crippen LogP contribution in [0.2, 0.25) is 0 Å². The van der Waals surface area contributed by atoms with Crippen LogP contribution in [-0.2, 0) is 14.3 Å². The van der Waals surface area contributed by atoms with Gasteiger partial charge in [0.05, 0.1) is 5.92 Å². The van der Waals surface area contributed by atoms with E-state index in [4.69, 9.17) is 4.74 Å². The van der Waals surface area contributed by atoms with Gasteiger partial charge in [-0.25, -0.2) is 4.79 Å². The van der Waals surface area contributed by atoms with Crippen molar-refractivity contribution in [3.05, 3.63) is 59.7 Å². The maximum absolute atomic E-state index is 13.0. The van der Waals surface area contributed by atoms with Crippen molar-refractivity contribution < 1.29 is 24.2 Å². The number of carboxylic acids is 1. The Labute approximate surface area is 197 Å². The molecule has 1 aliphatic heterocycles. The second kappa shape index (κ2) is 10.3. The molecule has 0 spiro atoms. The SMILES string of the molecule is CSCCC(NC(=O)OCC1c2ccccc2-c2ccccc21)C(=O)N1CCC(C(=O)O)C1. The standard InChI is InChI=1S/C25H28N2O5S/c1-33-13-11-22(23(28)27-12-10-16(14-27)24(29)30)26-25(31)32-15-21-19-8-4-2-6-17(19)18-7-3-5-9-20(18)21/h2-9,16,21-22H,10-15H2,1H3,(H,26,31)(H,29,30). The van der Waals surface area contributed by atoms with Crippen LogP contribution in [0.1, 0.15) is 29.9 Å². The Hall–Kier alpha value is -3.00. The first-order valence-corrected chi connectivity index (χ1v) is 12.5. The molecule has 0 aromatic heterocycles. The Balaban J connectivity index is 1.40. The molecule has 0 bridgehead atoms. The number of amides is 2. The maximum atomic E-state index is 13.0. The smallest absolute Gasteiger partial charge is 0.407 e. The number of benzene rings is 2. The van der Waals surface area contributed by atoms with Crippen molar-refractivity contribution in [1.29, 1.82) is 0 Å². The minimum atomic E-state index is -0.893. The van der Waals surface area contributed by atoms with E-state index in [1.165, 1.54) is 4.90 Å². The number of nitrogens with one attached hydrogen (secondary N) is 1. The summed E-state index contributed by atoms with van der Waals surface area (Å²) in [6.45, 7) is 0.738. The molecule has 2 N–H and O–H groups in total. The summed E-state index contributed by atoms with van der Waals surface area (Å²) in [6.07, 6.45) is 2.19. The number of alkyl carbamates (subject to hydrolysis) is 1. The Bertz CT molecular complexity index is 997. The molecular weight excluding hydrogens is 440 g/mol. The fourth-order valence-corrected chi connectivity index (χ4v) is 5.13. The van der Waals surface area contributed by atoms with Gasteiger partial charge in [-0.15, -0.1) is 0 Å². The zero-order valence-corrected chi connectivity index (χ0v) is 19.3. The van der Waals surface area contributed by atoms with Crippen LogP contribution < -0.4 is 5.32 Å². The number of carbonyl (C=O) groups excluding carboxylic acids is 2. The van der Waals surface area contributed by atoms with Crippen molar-refractivity contribution in [2.75, 3.05) is 31.7 Å². The molecule has 1 aliphatic carbocycles. The van der Waals surface area contributed by atoms with Crippen molar-refractivity contribution in [2.24, 2.45) is 5.92 Å². The summed E-state index contributed by atoms with van der Waals surface area (Å²) in [5, 5.41) is 12.0. The Morgan fingerprint density at radius 1 is 1.12 bits per heavy atom. The Kier molecular flexibility index (Phi) is 7.23. The summed E-state index contributed by atoms with van der Waals surface area (Å²) < 4.78 is 5.60. The molecule has 2 aliphatic rings. The predicted molar refractivity (Wildman–Crippen MR) is 127 cm³/mol. The fraction of sp³-hybridized carbons (Fsp3) is 0.400. The first-order valence-electron chi connectivity index (χ1n) is 11.1. The van der Waals surface area contributed by atoms with Crippen LogP contribution in [0, 0.1) is 5.92 Å². The maximum Gasteiger partial charge on any atom is 0.407 e. The van der Waals surface area contributed by atoms with Crippen LogP contribution in [0.5, 0.6) is 0 Å². The van der Waals surface area contributed by atoms with E-state index < -0.39 is 24.0 Å². The molecule has 0 saturated carbocycles. The molecule has 0 radical (unpaired) electrons. The molecule has 33 heavy (non-hydrogen) atoms. The van der Waals surface area contributed by atoms with Crippen LogP contribution in [-0.4, -0.2) is 65.7 Å². The number of carboxylic acid groups (broad SMARTS) is 1. The van der Waals surface area contributed by atoms with E-state index in [2.05, 4.69) is 29.6 Å². The lowest BCUT2D eigenvalue weighted by atomic mass is 9.98. The molecule has 1 saturated heterocycles. The van der Waals surface area contributed by atoms with Gasteiger partial charge in [0.25, 0.3) is 0 Å². The molecule has 2 amide bonds. The number of ether oxygens (including phenoxy) is 1. The Morgan fingerprint density at radius 2 is 1.76 bits per heavy atom. The van der Waals surface area contributed by atoms with Crippen molar-refractivity contribution in [1.82, 2.24) is 10.2 Å². The molecule has 4 rings (SSSR count). The van der Waals surface area contributed by atoms with Gasteiger partial charge in [0, 0.05) is 19.0 Å². The van der Waals surface area contributed by atoms with E-state index in [-0.39, 0.29) is 25.0 Å². The summed E-state index contributed by atoms with van der Waals surface area (Å²) in [4.78, 5) is 38.5. The molecule has 2 aromatic carbocycles. The average Bonchev–Trinajstić information content (AvgIpc) is 3.44. The van der Waals surface area contributed by atoms with E-state index in [1.807, 2.05) is 30.5 Å². The van der Waals surface area contributed by atoms with Crippen molar-refractivity contribution in [3.8, 4) is 11.1 Å². The van der Waals surface area contributed by atoms with Gasteiger partial charge < -0.3 is 20.1 Å². The molecule has 1 fully saturated rings. The van der Waals surface area contributed by atoms with Crippen molar-refractivity contribution in [2.45, 2.75) is 24.8 Å².